The number of likely N-dealkylation sites (tertiary alicyclic amines) is 1. The van der Waals surface area contributed by atoms with Crippen LogP contribution in [0.4, 0.5) is 0 Å². The topological polar surface area (TPSA) is 20.3 Å². The number of carbonyl (C=O) groups excluding carboxylic acids is 1. The number of rotatable bonds is 3. The second kappa shape index (κ2) is 5.02. The summed E-state index contributed by atoms with van der Waals surface area (Å²) in [5, 5.41) is 0.683. The first kappa shape index (κ1) is 12.2. The minimum atomic E-state index is 0.214. The molecular formula is C15H18ClNO. The lowest BCUT2D eigenvalue weighted by atomic mass is 10.0. The molecule has 0 radical (unpaired) electrons. The molecule has 3 heteroatoms. The third-order valence-electron chi connectivity index (χ3n) is 4.34. The molecule has 1 aromatic carbocycles. The van der Waals surface area contributed by atoms with Crippen LogP contribution < -0.4 is 0 Å². The molecule has 1 aliphatic carbocycles. The molecule has 1 aromatic rings. The van der Waals surface area contributed by atoms with E-state index in [4.69, 9.17) is 11.6 Å². The standard InChI is InChI=1S/C15H18ClNO/c16-14-6-4-11(5-7-14)15(18)10-17-8-12-2-1-3-13(12)9-17/h4-7,12-13H,1-3,8-10H2. The average molecular weight is 264 g/mol. The van der Waals surface area contributed by atoms with Crippen molar-refractivity contribution in [1.29, 1.82) is 0 Å². The maximum absolute atomic E-state index is 12.1. The number of carbonyl (C=O) groups is 1. The largest absolute Gasteiger partial charge is 0.295 e. The van der Waals surface area contributed by atoms with Gasteiger partial charge in [-0.1, -0.05) is 18.0 Å². The van der Waals surface area contributed by atoms with Crippen LogP contribution in [0, 0.1) is 11.8 Å². The molecule has 2 fully saturated rings. The van der Waals surface area contributed by atoms with Crippen LogP contribution in [0.2, 0.25) is 5.02 Å². The van der Waals surface area contributed by atoms with Crippen LogP contribution in [-0.2, 0) is 0 Å². The van der Waals surface area contributed by atoms with Gasteiger partial charge in [-0.15, -0.1) is 0 Å². The summed E-state index contributed by atoms with van der Waals surface area (Å²) in [5.41, 5.74) is 0.774. The number of halogens is 1. The van der Waals surface area contributed by atoms with Crippen LogP contribution in [0.3, 0.4) is 0 Å². The number of hydrogen-bond donors (Lipinski definition) is 0. The molecule has 1 saturated carbocycles. The number of Topliss-reactive ketones (excluding diaryl/α,β-unsaturated/α-hetero) is 1. The highest BCUT2D eigenvalue weighted by Gasteiger charge is 2.36. The summed E-state index contributed by atoms with van der Waals surface area (Å²) in [5.74, 6) is 1.91. The fourth-order valence-corrected chi connectivity index (χ4v) is 3.52. The molecule has 2 unspecified atom stereocenters. The first-order valence-corrected chi connectivity index (χ1v) is 7.11. The van der Waals surface area contributed by atoms with E-state index in [9.17, 15) is 4.79 Å². The van der Waals surface area contributed by atoms with Crippen molar-refractivity contribution in [3.63, 3.8) is 0 Å². The SMILES string of the molecule is O=C(CN1CC2CCCC2C1)c1ccc(Cl)cc1. The Hall–Kier alpha value is -0.860. The predicted molar refractivity (Wildman–Crippen MR) is 73.1 cm³/mol. The number of ketones is 1. The lowest BCUT2D eigenvalue weighted by Crippen LogP contribution is -2.28. The molecule has 96 valence electrons. The van der Waals surface area contributed by atoms with Crippen LogP contribution in [0.1, 0.15) is 29.6 Å². The van der Waals surface area contributed by atoms with Gasteiger partial charge in [0.25, 0.3) is 0 Å². The van der Waals surface area contributed by atoms with Gasteiger partial charge < -0.3 is 0 Å². The lowest BCUT2D eigenvalue weighted by Gasteiger charge is -2.15. The Morgan fingerprint density at radius 1 is 1.17 bits per heavy atom. The van der Waals surface area contributed by atoms with Crippen molar-refractivity contribution >= 4 is 17.4 Å². The molecule has 2 atom stereocenters. The third kappa shape index (κ3) is 2.45. The predicted octanol–water partition coefficient (Wildman–Crippen LogP) is 3.25. The molecule has 2 aliphatic rings. The van der Waals surface area contributed by atoms with E-state index in [1.807, 2.05) is 12.1 Å². The molecule has 1 aliphatic heterocycles. The van der Waals surface area contributed by atoms with Gasteiger partial charge in [-0.25, -0.2) is 0 Å². The van der Waals surface area contributed by atoms with Crippen molar-refractivity contribution in [2.45, 2.75) is 19.3 Å². The smallest absolute Gasteiger partial charge is 0.176 e. The molecule has 1 saturated heterocycles. The minimum absolute atomic E-state index is 0.214. The van der Waals surface area contributed by atoms with Crippen molar-refractivity contribution < 1.29 is 4.79 Å². The fourth-order valence-electron chi connectivity index (χ4n) is 3.39. The highest BCUT2D eigenvalue weighted by Crippen LogP contribution is 2.37. The Bertz CT molecular complexity index is 430. The molecule has 2 nitrogen and oxygen atoms in total. The molecule has 0 bridgehead atoms. The second-order valence-corrected chi connectivity index (χ2v) is 6.01. The molecule has 18 heavy (non-hydrogen) atoms. The lowest BCUT2D eigenvalue weighted by molar-refractivity contribution is 0.0941. The van der Waals surface area contributed by atoms with Crippen molar-refractivity contribution in [1.82, 2.24) is 4.90 Å². The minimum Gasteiger partial charge on any atom is -0.295 e. The number of benzene rings is 1. The van der Waals surface area contributed by atoms with Gasteiger partial charge in [-0.3, -0.25) is 9.69 Å². The second-order valence-electron chi connectivity index (χ2n) is 5.58. The van der Waals surface area contributed by atoms with Gasteiger partial charge in [-0.2, -0.15) is 0 Å². The third-order valence-corrected chi connectivity index (χ3v) is 4.59. The zero-order valence-corrected chi connectivity index (χ0v) is 11.2. The van der Waals surface area contributed by atoms with Gasteiger partial charge in [-0.05, 0) is 48.9 Å². The molecule has 0 aromatic heterocycles. The maximum Gasteiger partial charge on any atom is 0.176 e. The number of hydrogen-bond acceptors (Lipinski definition) is 2. The van der Waals surface area contributed by atoms with Crippen LogP contribution in [0.25, 0.3) is 0 Å². The summed E-state index contributed by atoms with van der Waals surface area (Å²) >= 11 is 5.83. The maximum atomic E-state index is 12.1. The van der Waals surface area contributed by atoms with Crippen molar-refractivity contribution in [2.24, 2.45) is 11.8 Å². The van der Waals surface area contributed by atoms with Crippen molar-refractivity contribution in [3.8, 4) is 0 Å². The van der Waals surface area contributed by atoms with E-state index < -0.39 is 0 Å². The summed E-state index contributed by atoms with van der Waals surface area (Å²) in [6.07, 6.45) is 4.10. The van der Waals surface area contributed by atoms with Crippen LogP contribution in [-0.4, -0.2) is 30.3 Å². The van der Waals surface area contributed by atoms with E-state index in [0.29, 0.717) is 11.6 Å². The van der Waals surface area contributed by atoms with Crippen LogP contribution >= 0.6 is 11.6 Å². The van der Waals surface area contributed by atoms with Gasteiger partial charge in [0, 0.05) is 23.7 Å². The monoisotopic (exact) mass is 263 g/mol. The molecule has 0 spiro atoms. The zero-order chi connectivity index (χ0) is 12.5. The van der Waals surface area contributed by atoms with Crippen molar-refractivity contribution in [2.75, 3.05) is 19.6 Å². The Morgan fingerprint density at radius 2 is 1.78 bits per heavy atom. The zero-order valence-electron chi connectivity index (χ0n) is 10.4. The average Bonchev–Trinajstić information content (AvgIpc) is 2.90. The normalized spacial score (nSPS) is 27.4. The molecular weight excluding hydrogens is 246 g/mol. The Labute approximate surface area is 113 Å². The van der Waals surface area contributed by atoms with Crippen molar-refractivity contribution in [3.05, 3.63) is 34.9 Å². The quantitative estimate of drug-likeness (QED) is 0.781. The Morgan fingerprint density at radius 3 is 2.39 bits per heavy atom. The van der Waals surface area contributed by atoms with E-state index in [-0.39, 0.29) is 5.78 Å². The van der Waals surface area contributed by atoms with E-state index in [0.717, 1.165) is 30.5 Å². The van der Waals surface area contributed by atoms with Gasteiger partial charge in [0.05, 0.1) is 6.54 Å². The highest BCUT2D eigenvalue weighted by molar-refractivity contribution is 6.30. The molecule has 1 heterocycles. The summed E-state index contributed by atoms with van der Waals surface area (Å²) in [6, 6.07) is 7.21. The molecule has 0 N–H and O–H groups in total. The Balaban J connectivity index is 1.60. The van der Waals surface area contributed by atoms with E-state index in [2.05, 4.69) is 4.90 Å². The molecule has 0 amide bonds. The number of nitrogens with zero attached hydrogens (tertiary/aromatic N) is 1. The first-order chi connectivity index (χ1) is 8.72. The van der Waals surface area contributed by atoms with Gasteiger partial charge in [0.15, 0.2) is 5.78 Å². The van der Waals surface area contributed by atoms with Gasteiger partial charge in [0.1, 0.15) is 0 Å². The molecule has 3 rings (SSSR count). The van der Waals surface area contributed by atoms with Gasteiger partial charge >= 0.3 is 0 Å². The highest BCUT2D eigenvalue weighted by atomic mass is 35.5. The van der Waals surface area contributed by atoms with E-state index in [1.165, 1.54) is 19.3 Å². The summed E-state index contributed by atoms with van der Waals surface area (Å²) in [4.78, 5) is 14.5. The number of fused-ring (bicyclic) bond motifs is 1. The van der Waals surface area contributed by atoms with Gasteiger partial charge in [0.2, 0.25) is 0 Å². The Kier molecular flexibility index (Phi) is 3.40. The fraction of sp³-hybridized carbons (Fsp3) is 0.533. The summed E-state index contributed by atoms with van der Waals surface area (Å²) in [6.45, 7) is 2.79. The summed E-state index contributed by atoms with van der Waals surface area (Å²) in [7, 11) is 0. The summed E-state index contributed by atoms with van der Waals surface area (Å²) < 4.78 is 0. The van der Waals surface area contributed by atoms with E-state index in [1.54, 1.807) is 12.1 Å². The first-order valence-electron chi connectivity index (χ1n) is 6.73. The van der Waals surface area contributed by atoms with E-state index >= 15 is 0 Å². The van der Waals surface area contributed by atoms with Crippen LogP contribution in [0.15, 0.2) is 24.3 Å². The van der Waals surface area contributed by atoms with Crippen LogP contribution in [0.5, 0.6) is 0 Å².